The standard InChI is InChI=1S/C25H29FN4O/c1-18-13-19(2)23(24(14-18)30-12-4-10-28-30)17-29-11-3-5-20(16-29)15-27-25(31)21-6-8-22(26)9-7-21/h4,6-10,12-14,20H,3,5,11,15-17H2,1-2H3,(H,27,31)/t20-/m1/s1. The van der Waals surface area contributed by atoms with Gasteiger partial charge in [0.15, 0.2) is 0 Å². The molecule has 162 valence electrons. The van der Waals surface area contributed by atoms with Crippen LogP contribution in [0.4, 0.5) is 4.39 Å². The fourth-order valence-electron chi connectivity index (χ4n) is 4.42. The molecule has 1 fully saturated rings. The van der Waals surface area contributed by atoms with Crippen molar-refractivity contribution in [3.05, 3.63) is 82.9 Å². The first-order chi connectivity index (χ1) is 15.0. The van der Waals surface area contributed by atoms with Crippen molar-refractivity contribution in [3.8, 4) is 5.69 Å². The van der Waals surface area contributed by atoms with E-state index in [9.17, 15) is 9.18 Å². The van der Waals surface area contributed by atoms with Gasteiger partial charge in [0.05, 0.1) is 5.69 Å². The summed E-state index contributed by atoms with van der Waals surface area (Å²) in [4.78, 5) is 14.8. The number of aromatic nitrogens is 2. The molecule has 0 unspecified atom stereocenters. The van der Waals surface area contributed by atoms with E-state index in [0.29, 0.717) is 18.0 Å². The van der Waals surface area contributed by atoms with Gasteiger partial charge in [0.2, 0.25) is 0 Å². The molecule has 5 nitrogen and oxygen atoms in total. The summed E-state index contributed by atoms with van der Waals surface area (Å²) >= 11 is 0. The molecule has 4 rings (SSSR count). The third kappa shape index (κ3) is 5.20. The molecule has 0 radical (unpaired) electrons. The molecule has 1 atom stereocenters. The van der Waals surface area contributed by atoms with E-state index in [1.54, 1.807) is 0 Å². The van der Waals surface area contributed by atoms with Gasteiger partial charge in [-0.1, -0.05) is 6.07 Å². The summed E-state index contributed by atoms with van der Waals surface area (Å²) in [6, 6.07) is 12.1. The van der Waals surface area contributed by atoms with Crippen molar-refractivity contribution in [1.29, 1.82) is 0 Å². The fraction of sp³-hybridized carbons (Fsp3) is 0.360. The number of piperidine rings is 1. The number of hydrogen-bond donors (Lipinski definition) is 1. The Morgan fingerprint density at radius 2 is 2.03 bits per heavy atom. The molecule has 1 saturated heterocycles. The Balaban J connectivity index is 1.40. The molecule has 3 aromatic rings. The molecule has 0 bridgehead atoms. The summed E-state index contributed by atoms with van der Waals surface area (Å²) in [7, 11) is 0. The van der Waals surface area contributed by atoms with Gasteiger partial charge >= 0.3 is 0 Å². The van der Waals surface area contributed by atoms with E-state index in [1.807, 2.05) is 23.1 Å². The quantitative estimate of drug-likeness (QED) is 0.648. The second kappa shape index (κ2) is 9.43. The molecular formula is C25H29FN4O. The average molecular weight is 421 g/mol. The van der Waals surface area contributed by atoms with E-state index in [-0.39, 0.29) is 11.7 Å². The largest absolute Gasteiger partial charge is 0.352 e. The van der Waals surface area contributed by atoms with E-state index < -0.39 is 0 Å². The lowest BCUT2D eigenvalue weighted by molar-refractivity contribution is 0.0930. The summed E-state index contributed by atoms with van der Waals surface area (Å²) < 4.78 is 15.0. The fourth-order valence-corrected chi connectivity index (χ4v) is 4.42. The SMILES string of the molecule is Cc1cc(C)c(CN2CCC[C@H](CNC(=O)c3ccc(F)cc3)C2)c(-n2cccn2)c1. The molecule has 2 heterocycles. The minimum atomic E-state index is -0.333. The second-order valence-corrected chi connectivity index (χ2v) is 8.49. The Morgan fingerprint density at radius 1 is 1.23 bits per heavy atom. The van der Waals surface area contributed by atoms with Gasteiger partial charge in [0.1, 0.15) is 5.82 Å². The first-order valence-corrected chi connectivity index (χ1v) is 10.9. The molecule has 1 N–H and O–H groups in total. The van der Waals surface area contributed by atoms with Crippen LogP contribution in [0.5, 0.6) is 0 Å². The Kier molecular flexibility index (Phi) is 6.47. The summed E-state index contributed by atoms with van der Waals surface area (Å²) in [5.41, 5.74) is 5.43. The molecule has 1 amide bonds. The summed E-state index contributed by atoms with van der Waals surface area (Å²) in [6.07, 6.45) is 6.00. The molecule has 1 aliphatic heterocycles. The number of nitrogens with zero attached hydrogens (tertiary/aromatic N) is 3. The lowest BCUT2D eigenvalue weighted by Gasteiger charge is -2.33. The van der Waals surface area contributed by atoms with Crippen LogP contribution in [0.1, 0.15) is 39.9 Å². The number of benzene rings is 2. The van der Waals surface area contributed by atoms with Gasteiger partial charge in [-0.15, -0.1) is 0 Å². The maximum Gasteiger partial charge on any atom is 0.251 e. The maximum absolute atomic E-state index is 13.1. The number of carbonyl (C=O) groups is 1. The molecule has 0 aliphatic carbocycles. The van der Waals surface area contributed by atoms with Gasteiger partial charge in [-0.3, -0.25) is 9.69 Å². The van der Waals surface area contributed by atoms with Crippen LogP contribution in [0.2, 0.25) is 0 Å². The zero-order valence-corrected chi connectivity index (χ0v) is 18.1. The monoisotopic (exact) mass is 420 g/mol. The van der Waals surface area contributed by atoms with Crippen LogP contribution in [0, 0.1) is 25.6 Å². The lowest BCUT2D eigenvalue weighted by Crippen LogP contribution is -2.40. The number of hydrogen-bond acceptors (Lipinski definition) is 3. The van der Waals surface area contributed by atoms with Gasteiger partial charge in [-0.05, 0) is 92.2 Å². The highest BCUT2D eigenvalue weighted by Gasteiger charge is 2.22. The van der Waals surface area contributed by atoms with Crippen LogP contribution >= 0.6 is 0 Å². The van der Waals surface area contributed by atoms with E-state index in [2.05, 4.69) is 41.3 Å². The summed E-state index contributed by atoms with van der Waals surface area (Å²) in [5, 5.41) is 7.47. The van der Waals surface area contributed by atoms with Crippen LogP contribution < -0.4 is 5.32 Å². The van der Waals surface area contributed by atoms with E-state index in [0.717, 1.165) is 38.2 Å². The molecule has 1 aliphatic rings. The predicted octanol–water partition coefficient (Wildman–Crippen LogP) is 4.27. The minimum absolute atomic E-state index is 0.146. The van der Waals surface area contributed by atoms with Gasteiger partial charge in [-0.25, -0.2) is 9.07 Å². The Morgan fingerprint density at radius 3 is 2.77 bits per heavy atom. The molecule has 0 spiro atoms. The topological polar surface area (TPSA) is 50.2 Å². The van der Waals surface area contributed by atoms with Gasteiger partial charge in [-0.2, -0.15) is 5.10 Å². The first kappa shape index (κ1) is 21.2. The molecular weight excluding hydrogens is 391 g/mol. The number of likely N-dealkylation sites (tertiary alicyclic amines) is 1. The average Bonchev–Trinajstić information content (AvgIpc) is 3.29. The predicted molar refractivity (Wildman–Crippen MR) is 120 cm³/mol. The van der Waals surface area contributed by atoms with Crippen LogP contribution in [0.3, 0.4) is 0 Å². The number of nitrogens with one attached hydrogen (secondary N) is 1. The molecule has 1 aromatic heterocycles. The Hall–Kier alpha value is -2.99. The van der Waals surface area contributed by atoms with Crippen LogP contribution in [0.15, 0.2) is 54.9 Å². The van der Waals surface area contributed by atoms with E-state index in [1.165, 1.54) is 41.0 Å². The van der Waals surface area contributed by atoms with Crippen molar-refractivity contribution in [3.63, 3.8) is 0 Å². The number of aryl methyl sites for hydroxylation is 2. The lowest BCUT2D eigenvalue weighted by atomic mass is 9.96. The van der Waals surface area contributed by atoms with Gasteiger partial charge in [0.25, 0.3) is 5.91 Å². The van der Waals surface area contributed by atoms with Gasteiger partial charge in [0, 0.05) is 37.6 Å². The number of amides is 1. The Labute approximate surface area is 182 Å². The molecule has 2 aromatic carbocycles. The summed E-state index contributed by atoms with van der Waals surface area (Å²) in [6.45, 7) is 7.77. The van der Waals surface area contributed by atoms with Crippen molar-refractivity contribution in [1.82, 2.24) is 20.0 Å². The number of carbonyl (C=O) groups excluding carboxylic acids is 1. The normalized spacial score (nSPS) is 16.9. The van der Waals surface area contributed by atoms with E-state index in [4.69, 9.17) is 0 Å². The second-order valence-electron chi connectivity index (χ2n) is 8.49. The third-order valence-electron chi connectivity index (χ3n) is 5.99. The maximum atomic E-state index is 13.1. The van der Waals surface area contributed by atoms with Crippen molar-refractivity contribution in [2.24, 2.45) is 5.92 Å². The highest BCUT2D eigenvalue weighted by molar-refractivity contribution is 5.94. The minimum Gasteiger partial charge on any atom is -0.352 e. The highest BCUT2D eigenvalue weighted by Crippen LogP contribution is 2.25. The first-order valence-electron chi connectivity index (χ1n) is 10.9. The van der Waals surface area contributed by atoms with Crippen molar-refractivity contribution >= 4 is 5.91 Å². The number of halogens is 1. The zero-order chi connectivity index (χ0) is 21.8. The van der Waals surface area contributed by atoms with Crippen molar-refractivity contribution in [2.75, 3.05) is 19.6 Å². The zero-order valence-electron chi connectivity index (χ0n) is 18.1. The molecule has 6 heteroatoms. The molecule has 31 heavy (non-hydrogen) atoms. The highest BCUT2D eigenvalue weighted by atomic mass is 19.1. The molecule has 0 saturated carbocycles. The van der Waals surface area contributed by atoms with Crippen LogP contribution in [-0.2, 0) is 6.54 Å². The van der Waals surface area contributed by atoms with Crippen LogP contribution in [-0.4, -0.2) is 40.2 Å². The summed E-state index contributed by atoms with van der Waals surface area (Å²) in [5.74, 6) is -0.0788. The van der Waals surface area contributed by atoms with Gasteiger partial charge < -0.3 is 5.32 Å². The third-order valence-corrected chi connectivity index (χ3v) is 5.99. The van der Waals surface area contributed by atoms with Crippen LogP contribution in [0.25, 0.3) is 5.69 Å². The van der Waals surface area contributed by atoms with Crippen molar-refractivity contribution in [2.45, 2.75) is 33.2 Å². The van der Waals surface area contributed by atoms with Crippen molar-refractivity contribution < 1.29 is 9.18 Å². The van der Waals surface area contributed by atoms with E-state index >= 15 is 0 Å². The Bertz CT molecular complexity index is 1030. The number of rotatable bonds is 6. The smallest absolute Gasteiger partial charge is 0.251 e.